The molecule has 0 heterocycles. The number of rotatable bonds is 1. The lowest BCUT2D eigenvalue weighted by molar-refractivity contribution is 0.0791. The van der Waals surface area contributed by atoms with E-state index in [4.69, 9.17) is 0 Å². The van der Waals surface area contributed by atoms with Crippen molar-refractivity contribution in [3.63, 3.8) is 0 Å². The molecular weight excluding hydrogens is 120 g/mol. The summed E-state index contributed by atoms with van der Waals surface area (Å²) in [6.07, 6.45) is 4.67. The first-order valence-corrected chi connectivity index (χ1v) is 4.61. The fourth-order valence-electron chi connectivity index (χ4n) is 4.66. The summed E-state index contributed by atoms with van der Waals surface area (Å²) in [6.45, 7) is 7.34. The number of fused-ring (bicyclic) bond motifs is 1. The Hall–Kier alpha value is 0. The molecule has 10 heavy (non-hydrogen) atoms. The highest BCUT2D eigenvalue weighted by molar-refractivity contribution is 5.48. The maximum absolute atomic E-state index is 2.51. The minimum atomic E-state index is 0.841. The van der Waals surface area contributed by atoms with Gasteiger partial charge in [-0.2, -0.15) is 0 Å². The Morgan fingerprint density at radius 2 is 1.90 bits per heavy atom. The maximum atomic E-state index is 2.51. The van der Waals surface area contributed by atoms with Crippen molar-refractivity contribution in [3.05, 3.63) is 0 Å². The van der Waals surface area contributed by atoms with Gasteiger partial charge in [-0.25, -0.2) is 0 Å². The average Bonchev–Trinajstić information content (AvgIpc) is 2.47. The Morgan fingerprint density at radius 3 is 1.90 bits per heavy atom. The van der Waals surface area contributed by atoms with E-state index in [0.29, 0.717) is 0 Å². The van der Waals surface area contributed by atoms with E-state index < -0.39 is 0 Å². The summed E-state index contributed by atoms with van der Waals surface area (Å²) < 4.78 is 0. The smallest absolute Gasteiger partial charge is 0.0153 e. The van der Waals surface area contributed by atoms with Gasteiger partial charge in [-0.15, -0.1) is 0 Å². The highest BCUT2D eigenvalue weighted by atomic mass is 15.0. The maximum Gasteiger partial charge on any atom is -0.0153 e. The summed E-state index contributed by atoms with van der Waals surface area (Å²) >= 11 is 0. The van der Waals surface area contributed by atoms with Crippen LogP contribution >= 0.6 is 0 Å². The van der Waals surface area contributed by atoms with Crippen LogP contribution in [0.5, 0.6) is 0 Å². The minimum absolute atomic E-state index is 0.841. The lowest BCUT2D eigenvalue weighted by atomic mass is 9.63. The van der Waals surface area contributed by atoms with Gasteiger partial charge < -0.3 is 0 Å². The van der Waals surface area contributed by atoms with E-state index in [1.807, 2.05) is 0 Å². The highest BCUT2D eigenvalue weighted by Gasteiger charge is 3.00. The molecular formula is C10H16. The van der Waals surface area contributed by atoms with Crippen LogP contribution < -0.4 is 0 Å². The summed E-state index contributed by atoms with van der Waals surface area (Å²) in [5.74, 6) is 0.958. The van der Waals surface area contributed by atoms with Crippen LogP contribution in [0.15, 0.2) is 0 Å². The quantitative estimate of drug-likeness (QED) is 0.520. The molecule has 0 radical (unpaired) electrons. The molecule has 3 aliphatic rings. The molecule has 0 N–H and O–H groups in total. The molecule has 3 atom stereocenters. The molecule has 0 heteroatoms. The molecule has 0 aliphatic heterocycles. The van der Waals surface area contributed by atoms with E-state index in [1.165, 1.54) is 0 Å². The Kier molecular flexibility index (Phi) is 0.562. The zero-order chi connectivity index (χ0) is 7.20. The first kappa shape index (κ1) is 5.62. The normalized spacial score (nSPS) is 68.4. The minimum Gasteiger partial charge on any atom is -0.0622 e. The lowest BCUT2D eigenvalue weighted by Gasteiger charge is -2.41. The third kappa shape index (κ3) is 0.222. The van der Waals surface area contributed by atoms with Gasteiger partial charge in [-0.3, -0.25) is 0 Å². The van der Waals surface area contributed by atoms with E-state index in [1.54, 1.807) is 19.3 Å². The zero-order valence-electron chi connectivity index (χ0n) is 7.20. The van der Waals surface area contributed by atoms with Crippen LogP contribution in [0.25, 0.3) is 0 Å². The third-order valence-corrected chi connectivity index (χ3v) is 5.29. The molecule has 0 aromatic heterocycles. The fraction of sp³-hybridized carbons (Fsp3) is 1.00. The third-order valence-electron chi connectivity index (χ3n) is 5.29. The van der Waals surface area contributed by atoms with E-state index >= 15 is 0 Å². The standard InChI is InChI=1S/C10H16/c1-7(2)10-5-4-9(10)6-8(9,10)3/h7H,4-6H2,1-3H3. The van der Waals surface area contributed by atoms with Crippen LogP contribution in [0.1, 0.15) is 40.0 Å². The van der Waals surface area contributed by atoms with Crippen molar-refractivity contribution in [1.29, 1.82) is 0 Å². The van der Waals surface area contributed by atoms with Crippen molar-refractivity contribution >= 4 is 0 Å². The van der Waals surface area contributed by atoms with E-state index in [9.17, 15) is 0 Å². The zero-order valence-corrected chi connectivity index (χ0v) is 7.20. The molecule has 1 spiro atoms. The molecule has 3 saturated carbocycles. The van der Waals surface area contributed by atoms with Gasteiger partial charge in [0.25, 0.3) is 0 Å². The van der Waals surface area contributed by atoms with E-state index in [2.05, 4.69) is 20.8 Å². The molecule has 0 nitrogen and oxygen atoms in total. The Balaban J connectivity index is 2.01. The molecule has 0 aromatic carbocycles. The SMILES string of the molecule is CC(C)C12CCC13CC32C. The largest absolute Gasteiger partial charge is 0.0622 e. The second-order valence-electron chi connectivity index (χ2n) is 5.22. The van der Waals surface area contributed by atoms with Gasteiger partial charge >= 0.3 is 0 Å². The highest BCUT2D eigenvalue weighted by Crippen LogP contribution is 3.07. The van der Waals surface area contributed by atoms with Gasteiger partial charge in [0.15, 0.2) is 0 Å². The van der Waals surface area contributed by atoms with Crippen molar-refractivity contribution in [2.45, 2.75) is 40.0 Å². The molecule has 56 valence electrons. The summed E-state index contributed by atoms with van der Waals surface area (Å²) in [4.78, 5) is 0. The van der Waals surface area contributed by atoms with Crippen LogP contribution in [0.2, 0.25) is 0 Å². The van der Waals surface area contributed by atoms with Gasteiger partial charge in [0, 0.05) is 0 Å². The molecule has 3 aliphatic carbocycles. The van der Waals surface area contributed by atoms with Gasteiger partial charge in [-0.05, 0) is 41.4 Å². The van der Waals surface area contributed by atoms with Gasteiger partial charge in [0.05, 0.1) is 0 Å². The van der Waals surface area contributed by atoms with E-state index in [-0.39, 0.29) is 0 Å². The summed E-state index contributed by atoms with van der Waals surface area (Å²) in [6, 6.07) is 0. The molecule has 0 bridgehead atoms. The number of hydrogen-bond donors (Lipinski definition) is 0. The predicted octanol–water partition coefficient (Wildman–Crippen LogP) is 2.83. The predicted molar refractivity (Wildman–Crippen MR) is 41.7 cm³/mol. The second kappa shape index (κ2) is 1.00. The Bertz CT molecular complexity index is 203. The summed E-state index contributed by atoms with van der Waals surface area (Å²) in [5, 5.41) is 0. The van der Waals surface area contributed by atoms with Gasteiger partial charge in [-0.1, -0.05) is 20.8 Å². The van der Waals surface area contributed by atoms with Gasteiger partial charge in [0.1, 0.15) is 0 Å². The molecule has 0 saturated heterocycles. The van der Waals surface area contributed by atoms with Crippen molar-refractivity contribution in [1.82, 2.24) is 0 Å². The summed E-state index contributed by atoms with van der Waals surface area (Å²) in [7, 11) is 0. The molecule has 0 aromatic rings. The Morgan fingerprint density at radius 1 is 1.20 bits per heavy atom. The second-order valence-corrected chi connectivity index (χ2v) is 5.22. The van der Waals surface area contributed by atoms with Crippen LogP contribution in [0.3, 0.4) is 0 Å². The molecule has 3 unspecified atom stereocenters. The van der Waals surface area contributed by atoms with Gasteiger partial charge in [0.2, 0.25) is 0 Å². The monoisotopic (exact) mass is 136 g/mol. The van der Waals surface area contributed by atoms with Crippen LogP contribution in [0.4, 0.5) is 0 Å². The van der Waals surface area contributed by atoms with Crippen LogP contribution in [-0.2, 0) is 0 Å². The van der Waals surface area contributed by atoms with Crippen molar-refractivity contribution < 1.29 is 0 Å². The first-order valence-electron chi connectivity index (χ1n) is 4.61. The van der Waals surface area contributed by atoms with Crippen LogP contribution in [-0.4, -0.2) is 0 Å². The molecule has 0 amide bonds. The van der Waals surface area contributed by atoms with Crippen molar-refractivity contribution in [2.75, 3.05) is 0 Å². The average molecular weight is 136 g/mol. The number of hydrogen-bond acceptors (Lipinski definition) is 0. The summed E-state index contributed by atoms with van der Waals surface area (Å²) in [5.41, 5.74) is 2.61. The fourth-order valence-corrected chi connectivity index (χ4v) is 4.66. The van der Waals surface area contributed by atoms with Crippen molar-refractivity contribution in [3.8, 4) is 0 Å². The molecule has 3 rings (SSSR count). The topological polar surface area (TPSA) is 0 Å². The van der Waals surface area contributed by atoms with Crippen LogP contribution in [0, 0.1) is 22.2 Å². The lowest BCUT2D eigenvalue weighted by Crippen LogP contribution is -2.33. The first-order chi connectivity index (χ1) is 4.61. The van der Waals surface area contributed by atoms with E-state index in [0.717, 1.165) is 22.2 Å². The molecule has 3 fully saturated rings. The van der Waals surface area contributed by atoms with Crippen molar-refractivity contribution in [2.24, 2.45) is 22.2 Å². The Labute approximate surface area is 63.0 Å².